The van der Waals surface area contributed by atoms with Gasteiger partial charge in [-0.3, -0.25) is 14.0 Å². The number of likely N-dealkylation sites (tertiary alicyclic amines) is 1. The fourth-order valence-corrected chi connectivity index (χ4v) is 4.55. The first-order chi connectivity index (χ1) is 11.5. The Kier molecular flexibility index (Phi) is 2.56. The van der Waals surface area contributed by atoms with Gasteiger partial charge in [0.1, 0.15) is 16.5 Å². The van der Waals surface area contributed by atoms with E-state index in [9.17, 15) is 9.59 Å². The number of fused-ring (bicyclic) bond motifs is 3. The van der Waals surface area contributed by atoms with Crippen LogP contribution in [0.4, 0.5) is 5.82 Å². The van der Waals surface area contributed by atoms with Crippen molar-refractivity contribution >= 4 is 23.3 Å². The molecule has 2 aromatic heterocycles. The zero-order chi connectivity index (χ0) is 16.6. The van der Waals surface area contributed by atoms with Gasteiger partial charge in [0.05, 0.1) is 18.8 Å². The Bertz CT molecular complexity index is 936. The maximum Gasteiger partial charge on any atom is 0.350 e. The molecule has 3 aliphatic heterocycles. The Labute approximate surface area is 142 Å². The lowest BCUT2D eigenvalue weighted by Crippen LogP contribution is -2.56. The molecular formula is C15H15ClN6O2. The van der Waals surface area contributed by atoms with Gasteiger partial charge in [-0.1, -0.05) is 11.6 Å². The standard InChI is InChI=1S/C15H15ClN6O2/c1-19-5-9(4-17-19)6-20-10-3-15(13(20)23)8-21-12(22(15)7-10)2-11(16)18-14(21)24/h2,4-5,10H,3,6-8H2,1H3/t10-,15+/m0/s1. The highest BCUT2D eigenvalue weighted by Crippen LogP contribution is 2.48. The van der Waals surface area contributed by atoms with Crippen molar-refractivity contribution in [2.75, 3.05) is 11.4 Å². The summed E-state index contributed by atoms with van der Waals surface area (Å²) >= 11 is 5.94. The van der Waals surface area contributed by atoms with E-state index in [-0.39, 0.29) is 17.1 Å². The molecule has 5 heterocycles. The molecule has 0 unspecified atom stereocenters. The van der Waals surface area contributed by atoms with E-state index in [4.69, 9.17) is 11.6 Å². The Morgan fingerprint density at radius 1 is 1.42 bits per heavy atom. The van der Waals surface area contributed by atoms with Crippen molar-refractivity contribution in [2.45, 2.75) is 31.1 Å². The van der Waals surface area contributed by atoms with E-state index in [1.165, 1.54) is 0 Å². The van der Waals surface area contributed by atoms with E-state index < -0.39 is 11.2 Å². The van der Waals surface area contributed by atoms with Crippen molar-refractivity contribution in [3.8, 4) is 0 Å². The van der Waals surface area contributed by atoms with Crippen LogP contribution in [0.15, 0.2) is 23.3 Å². The number of hydrogen-bond acceptors (Lipinski definition) is 5. The van der Waals surface area contributed by atoms with Gasteiger partial charge in [-0.15, -0.1) is 0 Å². The molecule has 124 valence electrons. The van der Waals surface area contributed by atoms with Gasteiger partial charge in [-0.25, -0.2) is 4.79 Å². The molecule has 1 spiro atoms. The molecule has 8 nitrogen and oxygen atoms in total. The third kappa shape index (κ3) is 1.64. The molecule has 5 rings (SSSR count). The van der Waals surface area contributed by atoms with Crippen molar-refractivity contribution in [2.24, 2.45) is 7.05 Å². The molecule has 24 heavy (non-hydrogen) atoms. The number of rotatable bonds is 2. The highest BCUT2D eigenvalue weighted by molar-refractivity contribution is 6.29. The topological polar surface area (TPSA) is 76.3 Å². The molecule has 0 aromatic carbocycles. The molecule has 9 heteroatoms. The second-order valence-corrected chi connectivity index (χ2v) is 7.15. The predicted molar refractivity (Wildman–Crippen MR) is 85.7 cm³/mol. The highest BCUT2D eigenvalue weighted by Gasteiger charge is 2.64. The van der Waals surface area contributed by atoms with E-state index in [0.717, 1.165) is 12.0 Å². The number of piperazine rings is 1. The largest absolute Gasteiger partial charge is 0.350 e. The minimum Gasteiger partial charge on any atom is -0.339 e. The molecule has 2 atom stereocenters. The summed E-state index contributed by atoms with van der Waals surface area (Å²) in [4.78, 5) is 33.0. The van der Waals surface area contributed by atoms with Gasteiger partial charge in [-0.05, 0) is 0 Å². The number of anilines is 1. The van der Waals surface area contributed by atoms with Crippen LogP contribution in [0.3, 0.4) is 0 Å². The molecule has 0 N–H and O–H groups in total. The SMILES string of the molecule is Cn1cc(CN2C(=O)[C@]34C[C@H]2CN3c2cc(Cl)nc(=O)n2C4)cn1. The van der Waals surface area contributed by atoms with Gasteiger partial charge in [-0.2, -0.15) is 10.1 Å². The number of amides is 1. The second kappa shape index (κ2) is 4.38. The maximum absolute atomic E-state index is 13.1. The van der Waals surface area contributed by atoms with Gasteiger partial charge >= 0.3 is 5.69 Å². The van der Waals surface area contributed by atoms with Crippen LogP contribution in [-0.2, 0) is 24.9 Å². The monoisotopic (exact) mass is 346 g/mol. The van der Waals surface area contributed by atoms with E-state index in [2.05, 4.69) is 10.1 Å². The van der Waals surface area contributed by atoms with Crippen molar-refractivity contribution < 1.29 is 4.79 Å². The summed E-state index contributed by atoms with van der Waals surface area (Å²) < 4.78 is 3.30. The summed E-state index contributed by atoms with van der Waals surface area (Å²) in [6.07, 6.45) is 4.43. The normalized spacial score (nSPS) is 27.1. The Morgan fingerprint density at radius 3 is 3.00 bits per heavy atom. The fraction of sp³-hybridized carbons (Fsp3) is 0.467. The zero-order valence-corrected chi connectivity index (χ0v) is 13.8. The molecule has 2 fully saturated rings. The molecule has 0 aliphatic carbocycles. The molecule has 2 aromatic rings. The van der Waals surface area contributed by atoms with Crippen LogP contribution < -0.4 is 10.6 Å². The maximum atomic E-state index is 13.1. The zero-order valence-electron chi connectivity index (χ0n) is 13.0. The molecule has 1 amide bonds. The van der Waals surface area contributed by atoms with Crippen LogP contribution >= 0.6 is 11.6 Å². The van der Waals surface area contributed by atoms with Crippen molar-refractivity contribution in [1.29, 1.82) is 0 Å². The third-order valence-corrected chi connectivity index (χ3v) is 5.54. The predicted octanol–water partition coefficient (Wildman–Crippen LogP) is 0.00370. The van der Waals surface area contributed by atoms with Crippen molar-refractivity contribution in [1.82, 2.24) is 24.2 Å². The number of aromatic nitrogens is 4. The van der Waals surface area contributed by atoms with Crippen LogP contribution in [-0.4, -0.2) is 48.3 Å². The quantitative estimate of drug-likeness (QED) is 0.716. The average Bonchev–Trinajstić information content (AvgIpc) is 3.22. The molecule has 0 saturated carbocycles. The Hall–Kier alpha value is -2.35. The molecule has 0 radical (unpaired) electrons. The second-order valence-electron chi connectivity index (χ2n) is 6.76. The summed E-state index contributed by atoms with van der Waals surface area (Å²) in [6.45, 7) is 1.62. The minimum atomic E-state index is -0.661. The minimum absolute atomic E-state index is 0.0711. The van der Waals surface area contributed by atoms with E-state index in [1.54, 1.807) is 21.5 Å². The van der Waals surface area contributed by atoms with Crippen molar-refractivity contribution in [3.63, 3.8) is 0 Å². The first kappa shape index (κ1) is 14.0. The fourth-order valence-electron chi connectivity index (χ4n) is 4.38. The van der Waals surface area contributed by atoms with Crippen LogP contribution in [0, 0.1) is 0 Å². The van der Waals surface area contributed by atoms with Crippen molar-refractivity contribution in [3.05, 3.63) is 39.7 Å². The van der Waals surface area contributed by atoms with Gasteiger partial charge in [0.25, 0.3) is 5.91 Å². The molecule has 3 aliphatic rings. The average molecular weight is 347 g/mol. The summed E-state index contributed by atoms with van der Waals surface area (Å²) in [5, 5.41) is 4.34. The molecule has 2 saturated heterocycles. The summed E-state index contributed by atoms with van der Waals surface area (Å²) in [6, 6.07) is 1.82. The number of aryl methyl sites for hydroxylation is 1. The number of halogens is 1. The lowest BCUT2D eigenvalue weighted by Gasteiger charge is -2.37. The third-order valence-electron chi connectivity index (χ3n) is 5.35. The summed E-state index contributed by atoms with van der Waals surface area (Å²) in [5.41, 5.74) is -0.0409. The lowest BCUT2D eigenvalue weighted by atomic mass is 9.99. The van der Waals surface area contributed by atoms with Gasteiger partial charge in [0.2, 0.25) is 0 Å². The van der Waals surface area contributed by atoms with Crippen LogP contribution in [0.2, 0.25) is 5.15 Å². The van der Waals surface area contributed by atoms with Crippen LogP contribution in [0.25, 0.3) is 0 Å². The smallest absolute Gasteiger partial charge is 0.339 e. The van der Waals surface area contributed by atoms with E-state index in [1.807, 2.05) is 23.0 Å². The van der Waals surface area contributed by atoms with Gasteiger partial charge < -0.3 is 9.80 Å². The number of hydrogen-bond donors (Lipinski definition) is 0. The summed E-state index contributed by atoms with van der Waals surface area (Å²) in [5.74, 6) is 0.777. The Balaban J connectivity index is 1.51. The number of nitrogens with zero attached hydrogens (tertiary/aromatic N) is 6. The van der Waals surface area contributed by atoms with E-state index in [0.29, 0.717) is 25.5 Å². The lowest BCUT2D eigenvalue weighted by molar-refractivity contribution is -0.135. The van der Waals surface area contributed by atoms with Crippen LogP contribution in [0.5, 0.6) is 0 Å². The number of carbonyl (C=O) groups excluding carboxylic acids is 1. The highest BCUT2D eigenvalue weighted by atomic mass is 35.5. The summed E-state index contributed by atoms with van der Waals surface area (Å²) in [7, 11) is 1.86. The van der Waals surface area contributed by atoms with Crippen LogP contribution in [0.1, 0.15) is 12.0 Å². The molecular weight excluding hydrogens is 332 g/mol. The molecule has 2 bridgehead atoms. The first-order valence-electron chi connectivity index (χ1n) is 7.81. The number of carbonyl (C=O) groups is 1. The van der Waals surface area contributed by atoms with Gasteiger partial charge in [0.15, 0.2) is 0 Å². The first-order valence-corrected chi connectivity index (χ1v) is 8.19. The van der Waals surface area contributed by atoms with E-state index >= 15 is 0 Å². The Morgan fingerprint density at radius 2 is 2.25 bits per heavy atom. The van der Waals surface area contributed by atoms with Gasteiger partial charge in [0, 0.05) is 44.4 Å².